The molecule has 2 aromatic rings. The van der Waals surface area contributed by atoms with Gasteiger partial charge in [-0.15, -0.1) is 0 Å². The number of carbonyl (C=O) groups excluding carboxylic acids is 3. The van der Waals surface area contributed by atoms with E-state index in [1.165, 1.54) is 36.4 Å². The number of hydrogen-bond acceptors (Lipinski definition) is 6. The van der Waals surface area contributed by atoms with E-state index >= 15 is 0 Å². The van der Waals surface area contributed by atoms with Crippen LogP contribution in [0.1, 0.15) is 5.56 Å². The minimum atomic E-state index is -1.04. The first-order valence-corrected chi connectivity index (χ1v) is 7.80. The SMILES string of the molecule is O=C1NC(=O)N(c2cccc([N+](=O)[O-])c2)C(=O)/C1=C/c1cc(Cl)ccc1O. The maximum atomic E-state index is 12.7. The zero-order valence-electron chi connectivity index (χ0n) is 13.4. The molecule has 0 aliphatic carbocycles. The molecule has 0 aromatic heterocycles. The van der Waals surface area contributed by atoms with Crippen molar-refractivity contribution in [3.63, 3.8) is 0 Å². The lowest BCUT2D eigenvalue weighted by atomic mass is 10.1. The third-order valence-electron chi connectivity index (χ3n) is 3.69. The normalized spacial score (nSPS) is 15.8. The van der Waals surface area contributed by atoms with Crippen LogP contribution in [-0.4, -0.2) is 27.9 Å². The topological polar surface area (TPSA) is 130 Å². The van der Waals surface area contributed by atoms with Gasteiger partial charge in [0.05, 0.1) is 10.6 Å². The van der Waals surface area contributed by atoms with Crippen molar-refractivity contribution in [1.29, 1.82) is 0 Å². The number of hydrogen-bond donors (Lipinski definition) is 2. The van der Waals surface area contributed by atoms with Crippen LogP contribution in [-0.2, 0) is 9.59 Å². The molecule has 0 radical (unpaired) electrons. The number of phenolic OH excluding ortho intramolecular Hbond substituents is 1. The van der Waals surface area contributed by atoms with Gasteiger partial charge in [-0.3, -0.25) is 25.0 Å². The molecule has 9 nitrogen and oxygen atoms in total. The first-order valence-electron chi connectivity index (χ1n) is 7.42. The summed E-state index contributed by atoms with van der Waals surface area (Å²) in [5, 5.41) is 23.0. The third-order valence-corrected chi connectivity index (χ3v) is 3.92. The van der Waals surface area contributed by atoms with Gasteiger partial charge in [-0.05, 0) is 30.3 Å². The number of anilines is 1. The summed E-state index contributed by atoms with van der Waals surface area (Å²) in [6.45, 7) is 0. The zero-order valence-corrected chi connectivity index (χ0v) is 14.1. The lowest BCUT2D eigenvalue weighted by molar-refractivity contribution is -0.384. The fraction of sp³-hybridized carbons (Fsp3) is 0. The highest BCUT2D eigenvalue weighted by Gasteiger charge is 2.37. The van der Waals surface area contributed by atoms with Crippen LogP contribution >= 0.6 is 11.6 Å². The minimum Gasteiger partial charge on any atom is -0.507 e. The maximum Gasteiger partial charge on any atom is 0.335 e. The summed E-state index contributed by atoms with van der Waals surface area (Å²) in [4.78, 5) is 47.8. The van der Waals surface area contributed by atoms with Crippen molar-refractivity contribution in [2.45, 2.75) is 0 Å². The van der Waals surface area contributed by atoms with Crippen LogP contribution in [0.5, 0.6) is 5.75 Å². The summed E-state index contributed by atoms with van der Waals surface area (Å²) in [6.07, 6.45) is 1.08. The molecule has 4 amide bonds. The van der Waals surface area contributed by atoms with Gasteiger partial charge in [0, 0.05) is 22.7 Å². The first-order chi connectivity index (χ1) is 12.8. The Kier molecular flexibility index (Phi) is 4.61. The van der Waals surface area contributed by atoms with Crippen molar-refractivity contribution in [1.82, 2.24) is 5.32 Å². The Hall–Kier alpha value is -3.72. The number of nitro groups is 1. The predicted molar refractivity (Wildman–Crippen MR) is 95.2 cm³/mol. The summed E-state index contributed by atoms with van der Waals surface area (Å²) in [7, 11) is 0. The van der Waals surface area contributed by atoms with E-state index in [4.69, 9.17) is 11.6 Å². The number of barbiturate groups is 1. The number of rotatable bonds is 3. The second-order valence-corrected chi connectivity index (χ2v) is 5.87. The quantitative estimate of drug-likeness (QED) is 0.360. The molecule has 136 valence electrons. The Labute approximate surface area is 156 Å². The Morgan fingerprint density at radius 1 is 1.15 bits per heavy atom. The number of aromatic hydroxyl groups is 1. The standard InChI is InChI=1S/C17H10ClN3O6/c18-10-4-5-14(22)9(6-10)7-13-15(23)19-17(25)20(16(13)24)11-2-1-3-12(8-11)21(26)27/h1-8,22H,(H,19,23,25)/b13-7+. The number of nitro benzene ring substituents is 1. The molecule has 1 aliphatic heterocycles. The van der Waals surface area contributed by atoms with E-state index in [9.17, 15) is 29.6 Å². The van der Waals surface area contributed by atoms with Crippen LogP contribution in [0.4, 0.5) is 16.2 Å². The smallest absolute Gasteiger partial charge is 0.335 e. The van der Waals surface area contributed by atoms with E-state index in [1.54, 1.807) is 0 Å². The van der Waals surface area contributed by atoms with Crippen molar-refractivity contribution in [3.05, 3.63) is 68.7 Å². The Morgan fingerprint density at radius 2 is 1.89 bits per heavy atom. The third kappa shape index (κ3) is 3.48. The molecular weight excluding hydrogens is 378 g/mol. The Balaban J connectivity index is 2.06. The van der Waals surface area contributed by atoms with Crippen molar-refractivity contribution >= 4 is 46.9 Å². The number of urea groups is 1. The van der Waals surface area contributed by atoms with Crippen molar-refractivity contribution in [3.8, 4) is 5.75 Å². The van der Waals surface area contributed by atoms with Gasteiger partial charge in [-0.2, -0.15) is 0 Å². The van der Waals surface area contributed by atoms with Gasteiger partial charge in [0.1, 0.15) is 11.3 Å². The van der Waals surface area contributed by atoms with Crippen LogP contribution < -0.4 is 10.2 Å². The van der Waals surface area contributed by atoms with E-state index in [2.05, 4.69) is 0 Å². The van der Waals surface area contributed by atoms with Crippen molar-refractivity contribution in [2.24, 2.45) is 0 Å². The molecule has 2 N–H and O–H groups in total. The van der Waals surface area contributed by atoms with E-state index in [-0.39, 0.29) is 27.7 Å². The Morgan fingerprint density at radius 3 is 2.59 bits per heavy atom. The van der Waals surface area contributed by atoms with Gasteiger partial charge in [-0.1, -0.05) is 17.7 Å². The summed E-state index contributed by atoms with van der Waals surface area (Å²) in [5.74, 6) is -2.19. The summed E-state index contributed by atoms with van der Waals surface area (Å²) >= 11 is 5.85. The fourth-order valence-corrected chi connectivity index (χ4v) is 2.61. The highest BCUT2D eigenvalue weighted by molar-refractivity contribution is 6.39. The number of benzene rings is 2. The number of nitrogens with zero attached hydrogens (tertiary/aromatic N) is 2. The second-order valence-electron chi connectivity index (χ2n) is 5.44. The number of amides is 4. The summed E-state index contributed by atoms with van der Waals surface area (Å²) in [5.41, 5.74) is -0.767. The molecule has 0 saturated carbocycles. The predicted octanol–water partition coefficient (Wildman–Crippen LogP) is 2.62. The number of imide groups is 2. The molecule has 1 aliphatic rings. The number of halogens is 1. The van der Waals surface area contributed by atoms with Crippen molar-refractivity contribution in [2.75, 3.05) is 4.90 Å². The average molecular weight is 388 g/mol. The molecule has 0 bridgehead atoms. The Bertz CT molecular complexity index is 1030. The number of phenols is 1. The molecule has 10 heteroatoms. The molecule has 0 atom stereocenters. The van der Waals surface area contributed by atoms with Crippen LogP contribution in [0.25, 0.3) is 6.08 Å². The molecule has 1 heterocycles. The lowest BCUT2D eigenvalue weighted by Gasteiger charge is -2.26. The maximum absolute atomic E-state index is 12.7. The first kappa shape index (κ1) is 18.1. The lowest BCUT2D eigenvalue weighted by Crippen LogP contribution is -2.54. The number of non-ortho nitro benzene ring substituents is 1. The van der Waals surface area contributed by atoms with Crippen molar-refractivity contribution < 1.29 is 24.4 Å². The van der Waals surface area contributed by atoms with Crippen LogP contribution in [0.15, 0.2) is 48.0 Å². The van der Waals surface area contributed by atoms with Gasteiger partial charge in [0.2, 0.25) is 0 Å². The van der Waals surface area contributed by atoms with Gasteiger partial charge >= 0.3 is 6.03 Å². The molecule has 1 saturated heterocycles. The molecule has 2 aromatic carbocycles. The number of carbonyl (C=O) groups is 3. The largest absolute Gasteiger partial charge is 0.507 e. The molecule has 27 heavy (non-hydrogen) atoms. The fourth-order valence-electron chi connectivity index (χ4n) is 2.43. The van der Waals surface area contributed by atoms with Crippen LogP contribution in [0.3, 0.4) is 0 Å². The van der Waals surface area contributed by atoms with Gasteiger partial charge < -0.3 is 5.11 Å². The highest BCUT2D eigenvalue weighted by Crippen LogP contribution is 2.28. The van der Waals surface area contributed by atoms with E-state index < -0.39 is 28.3 Å². The second kappa shape index (κ2) is 6.89. The van der Waals surface area contributed by atoms with Crippen LogP contribution in [0, 0.1) is 10.1 Å². The molecule has 3 rings (SSSR count). The monoisotopic (exact) mass is 387 g/mol. The molecule has 0 unspecified atom stereocenters. The molecule has 1 fully saturated rings. The summed E-state index contributed by atoms with van der Waals surface area (Å²) in [6, 6.07) is 7.83. The minimum absolute atomic E-state index is 0.0829. The number of nitrogens with one attached hydrogen (secondary N) is 1. The molecular formula is C17H10ClN3O6. The summed E-state index contributed by atoms with van der Waals surface area (Å²) < 4.78 is 0. The molecule has 0 spiro atoms. The van der Waals surface area contributed by atoms with Gasteiger partial charge in [0.25, 0.3) is 17.5 Å². The van der Waals surface area contributed by atoms with Gasteiger partial charge in [0.15, 0.2) is 0 Å². The van der Waals surface area contributed by atoms with E-state index in [0.717, 1.165) is 12.1 Å². The van der Waals surface area contributed by atoms with Gasteiger partial charge in [-0.25, -0.2) is 9.69 Å². The van der Waals surface area contributed by atoms with E-state index in [0.29, 0.717) is 4.90 Å². The van der Waals surface area contributed by atoms with Crippen LogP contribution in [0.2, 0.25) is 5.02 Å². The zero-order chi connectivity index (χ0) is 19.7. The van der Waals surface area contributed by atoms with E-state index in [1.807, 2.05) is 5.32 Å². The highest BCUT2D eigenvalue weighted by atomic mass is 35.5. The average Bonchev–Trinajstić information content (AvgIpc) is 2.61.